The summed E-state index contributed by atoms with van der Waals surface area (Å²) >= 11 is 0. The molecule has 0 atom stereocenters. The van der Waals surface area contributed by atoms with E-state index in [9.17, 15) is 0 Å². The summed E-state index contributed by atoms with van der Waals surface area (Å²) in [6.07, 6.45) is 3.63. The van der Waals surface area contributed by atoms with Gasteiger partial charge < -0.3 is 10.6 Å². The van der Waals surface area contributed by atoms with Gasteiger partial charge in [0.2, 0.25) is 0 Å². The Kier molecular flexibility index (Phi) is 3.38. The van der Waals surface area contributed by atoms with Crippen LogP contribution in [-0.2, 0) is 0 Å². The molecule has 0 spiro atoms. The van der Waals surface area contributed by atoms with Crippen molar-refractivity contribution in [2.75, 3.05) is 17.2 Å². The first kappa shape index (κ1) is 10.5. The van der Waals surface area contributed by atoms with E-state index >= 15 is 0 Å². The van der Waals surface area contributed by atoms with Crippen LogP contribution >= 0.6 is 0 Å². The van der Waals surface area contributed by atoms with Gasteiger partial charge in [-0.25, -0.2) is 0 Å². The van der Waals surface area contributed by atoms with Gasteiger partial charge >= 0.3 is 0 Å². The maximum atomic E-state index is 4.17. The smallest absolute Gasteiger partial charge is 0.0591 e. The van der Waals surface area contributed by atoms with Crippen LogP contribution in [0.4, 0.5) is 17.1 Å². The molecule has 0 amide bonds. The normalized spacial score (nSPS) is 9.81. The lowest BCUT2D eigenvalue weighted by Crippen LogP contribution is -1.98. The number of hydrogen-bond acceptors (Lipinski definition) is 3. The molecule has 3 heteroatoms. The Balaban J connectivity index is 2.12. The molecule has 0 fully saturated rings. The van der Waals surface area contributed by atoms with Gasteiger partial charge in [0.1, 0.15) is 0 Å². The topological polar surface area (TPSA) is 37.0 Å². The molecule has 0 aliphatic rings. The van der Waals surface area contributed by atoms with E-state index in [2.05, 4.69) is 22.5 Å². The van der Waals surface area contributed by atoms with Crippen LogP contribution in [0, 0.1) is 0 Å². The third kappa shape index (κ3) is 2.73. The maximum absolute atomic E-state index is 4.17. The molecule has 0 aliphatic carbocycles. The van der Waals surface area contributed by atoms with Crippen LogP contribution in [0.2, 0.25) is 0 Å². The number of para-hydroxylation sites is 1. The van der Waals surface area contributed by atoms with Gasteiger partial charge in [-0.15, -0.1) is 0 Å². The van der Waals surface area contributed by atoms with Crippen LogP contribution in [0.25, 0.3) is 0 Å². The molecular weight excluding hydrogens is 198 g/mol. The standard InChI is InChI=1S/C13H15N3/c1-2-15-12-8-13(10-14-9-12)16-11-6-4-3-5-7-11/h3-10,15-16H,2H2,1H3. The highest BCUT2D eigenvalue weighted by atomic mass is 14.9. The fraction of sp³-hybridized carbons (Fsp3) is 0.154. The van der Waals surface area contributed by atoms with Crippen LogP contribution in [0.3, 0.4) is 0 Å². The summed E-state index contributed by atoms with van der Waals surface area (Å²) in [6.45, 7) is 2.97. The van der Waals surface area contributed by atoms with Crippen molar-refractivity contribution >= 4 is 17.1 Å². The lowest BCUT2D eigenvalue weighted by molar-refractivity contribution is 1.19. The van der Waals surface area contributed by atoms with Crippen LogP contribution < -0.4 is 10.6 Å². The molecule has 2 rings (SSSR count). The van der Waals surface area contributed by atoms with Crippen molar-refractivity contribution in [1.29, 1.82) is 0 Å². The molecular formula is C13H15N3. The second kappa shape index (κ2) is 5.16. The summed E-state index contributed by atoms with van der Waals surface area (Å²) in [5, 5.41) is 6.53. The van der Waals surface area contributed by atoms with Gasteiger partial charge in [0.15, 0.2) is 0 Å². The zero-order valence-electron chi connectivity index (χ0n) is 9.27. The predicted octanol–water partition coefficient (Wildman–Crippen LogP) is 3.26. The van der Waals surface area contributed by atoms with Crippen molar-refractivity contribution in [3.8, 4) is 0 Å². The van der Waals surface area contributed by atoms with Gasteiger partial charge in [-0.05, 0) is 25.1 Å². The number of hydrogen-bond donors (Lipinski definition) is 2. The number of pyridine rings is 1. The fourth-order valence-corrected chi connectivity index (χ4v) is 1.50. The summed E-state index contributed by atoms with van der Waals surface area (Å²) in [5.41, 5.74) is 3.09. The molecule has 16 heavy (non-hydrogen) atoms. The van der Waals surface area contributed by atoms with Crippen LogP contribution in [0.15, 0.2) is 48.8 Å². The highest BCUT2D eigenvalue weighted by Crippen LogP contribution is 2.18. The molecule has 82 valence electrons. The quantitative estimate of drug-likeness (QED) is 0.818. The molecule has 0 aliphatic heterocycles. The van der Waals surface area contributed by atoms with E-state index in [1.54, 1.807) is 0 Å². The van der Waals surface area contributed by atoms with Crippen molar-refractivity contribution in [3.05, 3.63) is 48.8 Å². The Labute approximate surface area is 95.5 Å². The van der Waals surface area contributed by atoms with E-state index in [0.29, 0.717) is 0 Å². The van der Waals surface area contributed by atoms with Gasteiger partial charge in [-0.2, -0.15) is 0 Å². The Morgan fingerprint density at radius 1 is 1.00 bits per heavy atom. The third-order valence-corrected chi connectivity index (χ3v) is 2.18. The first-order chi connectivity index (χ1) is 7.88. The number of nitrogens with zero attached hydrogens (tertiary/aromatic N) is 1. The predicted molar refractivity (Wildman–Crippen MR) is 68.1 cm³/mol. The van der Waals surface area contributed by atoms with E-state index in [-0.39, 0.29) is 0 Å². The molecule has 1 heterocycles. The number of aromatic nitrogens is 1. The molecule has 2 aromatic rings. The van der Waals surface area contributed by atoms with E-state index in [4.69, 9.17) is 0 Å². The minimum atomic E-state index is 0.899. The molecule has 0 bridgehead atoms. The SMILES string of the molecule is CCNc1cncc(Nc2ccccc2)c1. The average molecular weight is 213 g/mol. The average Bonchev–Trinajstić information content (AvgIpc) is 2.31. The molecule has 0 saturated heterocycles. The van der Waals surface area contributed by atoms with Crippen molar-refractivity contribution in [3.63, 3.8) is 0 Å². The summed E-state index contributed by atoms with van der Waals surface area (Å²) in [6, 6.07) is 12.1. The molecule has 1 aromatic heterocycles. The van der Waals surface area contributed by atoms with Crippen molar-refractivity contribution in [1.82, 2.24) is 4.98 Å². The van der Waals surface area contributed by atoms with Gasteiger partial charge in [0.25, 0.3) is 0 Å². The van der Waals surface area contributed by atoms with Crippen LogP contribution in [-0.4, -0.2) is 11.5 Å². The second-order valence-electron chi connectivity index (χ2n) is 3.48. The summed E-state index contributed by atoms with van der Waals surface area (Å²) in [5.74, 6) is 0. The summed E-state index contributed by atoms with van der Waals surface area (Å²) in [7, 11) is 0. The third-order valence-electron chi connectivity index (χ3n) is 2.18. The number of rotatable bonds is 4. The van der Waals surface area contributed by atoms with Crippen molar-refractivity contribution in [2.45, 2.75) is 6.92 Å². The minimum Gasteiger partial charge on any atom is -0.384 e. The van der Waals surface area contributed by atoms with Crippen molar-refractivity contribution in [2.24, 2.45) is 0 Å². The van der Waals surface area contributed by atoms with E-state index in [0.717, 1.165) is 23.6 Å². The summed E-state index contributed by atoms with van der Waals surface area (Å²) < 4.78 is 0. The number of nitrogens with one attached hydrogen (secondary N) is 2. The van der Waals surface area contributed by atoms with E-state index < -0.39 is 0 Å². The van der Waals surface area contributed by atoms with Crippen LogP contribution in [0.5, 0.6) is 0 Å². The van der Waals surface area contributed by atoms with Crippen LogP contribution in [0.1, 0.15) is 6.92 Å². The Morgan fingerprint density at radius 3 is 2.50 bits per heavy atom. The molecule has 1 aromatic carbocycles. The maximum Gasteiger partial charge on any atom is 0.0591 e. The van der Waals surface area contributed by atoms with E-state index in [1.165, 1.54) is 0 Å². The molecule has 0 saturated carbocycles. The van der Waals surface area contributed by atoms with Gasteiger partial charge in [-0.1, -0.05) is 18.2 Å². The highest BCUT2D eigenvalue weighted by Gasteiger charge is 1.96. The lowest BCUT2D eigenvalue weighted by Gasteiger charge is -2.08. The van der Waals surface area contributed by atoms with E-state index in [1.807, 2.05) is 48.8 Å². The molecule has 0 radical (unpaired) electrons. The second-order valence-corrected chi connectivity index (χ2v) is 3.48. The summed E-state index contributed by atoms with van der Waals surface area (Å²) in [4.78, 5) is 4.17. The van der Waals surface area contributed by atoms with Gasteiger partial charge in [0.05, 0.1) is 23.8 Å². The zero-order valence-corrected chi connectivity index (χ0v) is 9.27. The zero-order chi connectivity index (χ0) is 11.2. The largest absolute Gasteiger partial charge is 0.384 e. The molecule has 2 N–H and O–H groups in total. The Bertz CT molecular complexity index is 440. The number of anilines is 3. The minimum absolute atomic E-state index is 0.899. The first-order valence-corrected chi connectivity index (χ1v) is 5.39. The molecule has 3 nitrogen and oxygen atoms in total. The fourth-order valence-electron chi connectivity index (χ4n) is 1.50. The van der Waals surface area contributed by atoms with Gasteiger partial charge in [0, 0.05) is 12.2 Å². The monoisotopic (exact) mass is 213 g/mol. The lowest BCUT2D eigenvalue weighted by atomic mass is 10.3. The Hall–Kier alpha value is -2.03. The van der Waals surface area contributed by atoms with Crippen molar-refractivity contribution < 1.29 is 0 Å². The first-order valence-electron chi connectivity index (χ1n) is 5.39. The number of benzene rings is 1. The highest BCUT2D eigenvalue weighted by molar-refractivity contribution is 5.62. The Morgan fingerprint density at radius 2 is 1.75 bits per heavy atom. The molecule has 0 unspecified atom stereocenters. The van der Waals surface area contributed by atoms with Gasteiger partial charge in [-0.3, -0.25) is 4.98 Å².